The van der Waals surface area contributed by atoms with Gasteiger partial charge in [-0.3, -0.25) is 9.89 Å². The van der Waals surface area contributed by atoms with Crippen molar-refractivity contribution in [3.05, 3.63) is 36.2 Å². The number of rotatable bonds is 3. The zero-order chi connectivity index (χ0) is 13.2. The molecule has 1 N–H and O–H groups in total. The Morgan fingerprint density at radius 1 is 1.47 bits per heavy atom. The quantitative estimate of drug-likeness (QED) is 0.868. The van der Waals surface area contributed by atoms with Crippen LogP contribution in [0.2, 0.25) is 0 Å². The average molecular weight is 274 g/mol. The SMILES string of the molecule is CC(Sc1ncn[nH]1)C(=O)N1CCc2ccccc21. The van der Waals surface area contributed by atoms with E-state index in [-0.39, 0.29) is 11.2 Å². The summed E-state index contributed by atoms with van der Waals surface area (Å²) in [5.74, 6) is 0.117. The number of anilines is 1. The molecule has 0 radical (unpaired) electrons. The summed E-state index contributed by atoms with van der Waals surface area (Å²) in [5, 5.41) is 7.04. The highest BCUT2D eigenvalue weighted by molar-refractivity contribution is 8.00. The smallest absolute Gasteiger partial charge is 0.240 e. The van der Waals surface area contributed by atoms with Crippen molar-refractivity contribution in [3.63, 3.8) is 0 Å². The van der Waals surface area contributed by atoms with Crippen LogP contribution in [0.4, 0.5) is 5.69 Å². The van der Waals surface area contributed by atoms with Crippen LogP contribution in [0, 0.1) is 0 Å². The maximum Gasteiger partial charge on any atom is 0.240 e. The first-order valence-corrected chi connectivity index (χ1v) is 7.05. The lowest BCUT2D eigenvalue weighted by atomic mass is 10.2. The normalized spacial score (nSPS) is 15.3. The van der Waals surface area contributed by atoms with Crippen LogP contribution in [0.15, 0.2) is 35.7 Å². The lowest BCUT2D eigenvalue weighted by molar-refractivity contribution is -0.117. The number of thioether (sulfide) groups is 1. The Labute approximate surface area is 115 Å². The van der Waals surface area contributed by atoms with Gasteiger partial charge in [0.2, 0.25) is 5.91 Å². The predicted octanol–water partition coefficient (Wildman–Crippen LogP) is 1.87. The van der Waals surface area contributed by atoms with Crippen molar-refractivity contribution in [1.29, 1.82) is 0 Å². The van der Waals surface area contributed by atoms with Gasteiger partial charge in [0, 0.05) is 12.2 Å². The van der Waals surface area contributed by atoms with Gasteiger partial charge in [-0.2, -0.15) is 5.10 Å². The summed E-state index contributed by atoms with van der Waals surface area (Å²) in [7, 11) is 0. The van der Waals surface area contributed by atoms with E-state index < -0.39 is 0 Å². The zero-order valence-electron chi connectivity index (χ0n) is 10.5. The number of hydrogen-bond acceptors (Lipinski definition) is 4. The number of nitrogens with zero attached hydrogens (tertiary/aromatic N) is 3. The van der Waals surface area contributed by atoms with Crippen LogP contribution in [0.3, 0.4) is 0 Å². The van der Waals surface area contributed by atoms with E-state index in [1.54, 1.807) is 0 Å². The Balaban J connectivity index is 1.74. The standard InChI is InChI=1S/C13H14N4OS/c1-9(19-13-14-8-15-16-13)12(18)17-7-6-10-4-2-3-5-11(10)17/h2-5,8-9H,6-7H2,1H3,(H,14,15,16). The van der Waals surface area contributed by atoms with E-state index in [1.165, 1.54) is 23.7 Å². The fourth-order valence-corrected chi connectivity index (χ4v) is 3.03. The Morgan fingerprint density at radius 2 is 2.32 bits per heavy atom. The molecular weight excluding hydrogens is 260 g/mol. The van der Waals surface area contributed by atoms with Gasteiger partial charge in [0.05, 0.1) is 5.25 Å². The van der Waals surface area contributed by atoms with Gasteiger partial charge < -0.3 is 4.90 Å². The fraction of sp³-hybridized carbons (Fsp3) is 0.308. The highest BCUT2D eigenvalue weighted by atomic mass is 32.2. The number of H-pyrrole nitrogens is 1. The number of carbonyl (C=O) groups excluding carboxylic acids is 1. The fourth-order valence-electron chi connectivity index (χ4n) is 2.26. The van der Waals surface area contributed by atoms with E-state index in [4.69, 9.17) is 0 Å². The molecule has 0 bridgehead atoms. The molecule has 0 saturated heterocycles. The molecule has 1 aliphatic heterocycles. The Hall–Kier alpha value is -1.82. The molecule has 6 heteroatoms. The van der Waals surface area contributed by atoms with E-state index in [0.29, 0.717) is 5.16 Å². The summed E-state index contributed by atoms with van der Waals surface area (Å²) >= 11 is 1.40. The van der Waals surface area contributed by atoms with E-state index in [0.717, 1.165) is 18.7 Å². The van der Waals surface area contributed by atoms with Gasteiger partial charge in [-0.05, 0) is 25.0 Å². The maximum absolute atomic E-state index is 12.5. The largest absolute Gasteiger partial charge is 0.311 e. The monoisotopic (exact) mass is 274 g/mol. The number of nitrogens with one attached hydrogen (secondary N) is 1. The summed E-state index contributed by atoms with van der Waals surface area (Å²) in [6.45, 7) is 2.66. The predicted molar refractivity (Wildman–Crippen MR) is 74.2 cm³/mol. The highest BCUT2D eigenvalue weighted by Crippen LogP contribution is 2.30. The average Bonchev–Trinajstić information content (AvgIpc) is 3.06. The molecule has 2 aromatic rings. The van der Waals surface area contributed by atoms with Gasteiger partial charge in [0.25, 0.3) is 0 Å². The molecule has 3 rings (SSSR count). The van der Waals surface area contributed by atoms with Crippen molar-refractivity contribution in [1.82, 2.24) is 15.2 Å². The van der Waals surface area contributed by atoms with Crippen LogP contribution in [0.25, 0.3) is 0 Å². The van der Waals surface area contributed by atoms with Gasteiger partial charge in [-0.1, -0.05) is 30.0 Å². The molecule has 0 aliphatic carbocycles. The van der Waals surface area contributed by atoms with Crippen LogP contribution in [0.1, 0.15) is 12.5 Å². The summed E-state index contributed by atoms with van der Waals surface area (Å²) < 4.78 is 0. The molecule has 98 valence electrons. The number of aromatic nitrogens is 3. The molecule has 0 spiro atoms. The molecule has 2 heterocycles. The molecule has 1 aromatic heterocycles. The minimum absolute atomic E-state index is 0.117. The first-order valence-electron chi connectivity index (χ1n) is 6.17. The Kier molecular flexibility index (Phi) is 3.25. The molecule has 1 aromatic carbocycles. The van der Waals surface area contributed by atoms with Crippen LogP contribution in [0.5, 0.6) is 0 Å². The number of amides is 1. The highest BCUT2D eigenvalue weighted by Gasteiger charge is 2.28. The summed E-state index contributed by atoms with van der Waals surface area (Å²) in [4.78, 5) is 18.4. The molecule has 1 amide bonds. The van der Waals surface area contributed by atoms with E-state index in [1.807, 2.05) is 30.0 Å². The summed E-state index contributed by atoms with van der Waals surface area (Å²) in [6, 6.07) is 8.07. The number of benzene rings is 1. The molecule has 5 nitrogen and oxygen atoms in total. The maximum atomic E-state index is 12.5. The third-order valence-electron chi connectivity index (χ3n) is 3.18. The van der Waals surface area contributed by atoms with Crippen molar-refractivity contribution < 1.29 is 4.79 Å². The molecular formula is C13H14N4OS. The number of hydrogen-bond donors (Lipinski definition) is 1. The molecule has 0 saturated carbocycles. The van der Waals surface area contributed by atoms with Crippen molar-refractivity contribution in [2.75, 3.05) is 11.4 Å². The third kappa shape index (κ3) is 2.35. The van der Waals surface area contributed by atoms with E-state index >= 15 is 0 Å². The van der Waals surface area contributed by atoms with Crippen LogP contribution in [-0.2, 0) is 11.2 Å². The van der Waals surface area contributed by atoms with E-state index in [9.17, 15) is 4.79 Å². The molecule has 19 heavy (non-hydrogen) atoms. The third-order valence-corrected chi connectivity index (χ3v) is 4.16. The first kappa shape index (κ1) is 12.2. The topological polar surface area (TPSA) is 61.9 Å². The molecule has 1 aliphatic rings. The molecule has 1 unspecified atom stereocenters. The molecule has 0 fully saturated rings. The lowest BCUT2D eigenvalue weighted by Crippen LogP contribution is -2.35. The van der Waals surface area contributed by atoms with Crippen molar-refractivity contribution in [2.24, 2.45) is 0 Å². The number of carbonyl (C=O) groups is 1. The summed E-state index contributed by atoms with van der Waals surface area (Å²) in [6.07, 6.45) is 2.38. The second-order valence-corrected chi connectivity index (χ2v) is 5.75. The number of para-hydroxylation sites is 1. The van der Waals surface area contributed by atoms with Crippen molar-refractivity contribution in [2.45, 2.75) is 23.8 Å². The second kappa shape index (κ2) is 5.05. The van der Waals surface area contributed by atoms with E-state index in [2.05, 4.69) is 21.2 Å². The van der Waals surface area contributed by atoms with Gasteiger partial charge >= 0.3 is 0 Å². The zero-order valence-corrected chi connectivity index (χ0v) is 11.4. The number of fused-ring (bicyclic) bond motifs is 1. The molecule has 1 atom stereocenters. The van der Waals surface area contributed by atoms with Gasteiger partial charge in [0.1, 0.15) is 6.33 Å². The minimum Gasteiger partial charge on any atom is -0.311 e. The van der Waals surface area contributed by atoms with Crippen LogP contribution < -0.4 is 4.90 Å². The van der Waals surface area contributed by atoms with Crippen LogP contribution >= 0.6 is 11.8 Å². The van der Waals surface area contributed by atoms with Gasteiger partial charge in [-0.25, -0.2) is 4.98 Å². The van der Waals surface area contributed by atoms with Gasteiger partial charge in [0.15, 0.2) is 5.16 Å². The number of aromatic amines is 1. The van der Waals surface area contributed by atoms with Crippen LogP contribution in [-0.4, -0.2) is 32.9 Å². The second-order valence-electron chi connectivity index (χ2n) is 4.42. The first-order chi connectivity index (χ1) is 9.25. The van der Waals surface area contributed by atoms with Gasteiger partial charge in [-0.15, -0.1) is 0 Å². The Bertz CT molecular complexity index is 584. The van der Waals surface area contributed by atoms with Crippen molar-refractivity contribution >= 4 is 23.4 Å². The summed E-state index contributed by atoms with van der Waals surface area (Å²) in [5.41, 5.74) is 2.28. The minimum atomic E-state index is -0.181. The lowest BCUT2D eigenvalue weighted by Gasteiger charge is -2.20. The van der Waals surface area contributed by atoms with Crippen molar-refractivity contribution in [3.8, 4) is 0 Å². The Morgan fingerprint density at radius 3 is 3.11 bits per heavy atom.